The molecule has 0 aliphatic rings. The van der Waals surface area contributed by atoms with Crippen molar-refractivity contribution in [3.8, 4) is 5.75 Å². The van der Waals surface area contributed by atoms with Crippen molar-refractivity contribution in [2.24, 2.45) is 5.92 Å². The fraction of sp³-hybridized carbons (Fsp3) is 0.700. The minimum Gasteiger partial charge on any atom is -0.490 e. The molecule has 1 aromatic heterocycles. The summed E-state index contributed by atoms with van der Waals surface area (Å²) in [6, 6.07) is 0. The average Bonchev–Trinajstić information content (AvgIpc) is 2.63. The van der Waals surface area contributed by atoms with E-state index in [4.69, 9.17) is 16.3 Å². The first-order valence-corrected chi connectivity index (χ1v) is 5.51. The molecule has 1 atom stereocenters. The third-order valence-corrected chi connectivity index (χ3v) is 2.39. The van der Waals surface area contributed by atoms with E-state index in [1.54, 1.807) is 6.20 Å². The summed E-state index contributed by atoms with van der Waals surface area (Å²) in [6.45, 7) is 5.77. The molecular weight excluding hydrogens is 200 g/mol. The number of alkyl halides is 1. The van der Waals surface area contributed by atoms with Crippen molar-refractivity contribution in [2.45, 2.75) is 26.8 Å². The topological polar surface area (TPSA) is 27.1 Å². The predicted octanol–water partition coefficient (Wildman–Crippen LogP) is 2.55. The molecule has 0 radical (unpaired) electrons. The van der Waals surface area contributed by atoms with Crippen molar-refractivity contribution in [3.63, 3.8) is 0 Å². The molecule has 1 aromatic rings. The molecule has 14 heavy (non-hydrogen) atoms. The van der Waals surface area contributed by atoms with Crippen LogP contribution < -0.4 is 4.74 Å². The molecule has 0 N–H and O–H groups in total. The van der Waals surface area contributed by atoms with Gasteiger partial charge in [-0.25, -0.2) is 0 Å². The minimum atomic E-state index is 0.381. The molecular formula is C10H17ClN2O. The van der Waals surface area contributed by atoms with Crippen LogP contribution in [-0.2, 0) is 6.54 Å². The summed E-state index contributed by atoms with van der Waals surface area (Å²) in [7, 11) is 0. The Bertz CT molecular complexity index is 262. The Labute approximate surface area is 90.0 Å². The Morgan fingerprint density at radius 1 is 1.64 bits per heavy atom. The third-order valence-electron chi connectivity index (χ3n) is 1.86. The fourth-order valence-electron chi connectivity index (χ4n) is 1.05. The van der Waals surface area contributed by atoms with Gasteiger partial charge in [-0.15, -0.1) is 11.6 Å². The van der Waals surface area contributed by atoms with E-state index in [1.165, 1.54) is 0 Å². The Morgan fingerprint density at radius 2 is 2.43 bits per heavy atom. The quantitative estimate of drug-likeness (QED) is 0.684. The van der Waals surface area contributed by atoms with Crippen LogP contribution >= 0.6 is 11.6 Å². The normalized spacial score (nSPS) is 12.8. The largest absolute Gasteiger partial charge is 0.490 e. The van der Waals surface area contributed by atoms with Crippen LogP contribution in [-0.4, -0.2) is 22.3 Å². The number of hydrogen-bond donors (Lipinski definition) is 0. The zero-order valence-corrected chi connectivity index (χ0v) is 9.50. The Kier molecular flexibility index (Phi) is 4.80. The highest BCUT2D eigenvalue weighted by molar-refractivity contribution is 6.18. The second-order valence-electron chi connectivity index (χ2n) is 3.51. The van der Waals surface area contributed by atoms with Crippen LogP contribution in [0.15, 0.2) is 12.4 Å². The number of ether oxygens (including phenoxy) is 1. The summed E-state index contributed by atoms with van der Waals surface area (Å²) in [5, 5.41) is 4.17. The molecule has 1 unspecified atom stereocenters. The van der Waals surface area contributed by atoms with E-state index in [2.05, 4.69) is 18.9 Å². The van der Waals surface area contributed by atoms with E-state index >= 15 is 0 Å². The molecule has 1 heterocycles. The van der Waals surface area contributed by atoms with Crippen LogP contribution in [0.5, 0.6) is 5.75 Å². The zero-order chi connectivity index (χ0) is 10.4. The van der Waals surface area contributed by atoms with Gasteiger partial charge in [0.2, 0.25) is 0 Å². The second kappa shape index (κ2) is 5.91. The van der Waals surface area contributed by atoms with Gasteiger partial charge in [0, 0.05) is 18.3 Å². The van der Waals surface area contributed by atoms with Gasteiger partial charge >= 0.3 is 0 Å². The third kappa shape index (κ3) is 3.58. The highest BCUT2D eigenvalue weighted by Crippen LogP contribution is 2.10. The summed E-state index contributed by atoms with van der Waals surface area (Å²) in [5.41, 5.74) is 0. The lowest BCUT2D eigenvalue weighted by Gasteiger charge is -2.07. The number of rotatable bonds is 6. The SMILES string of the molecule is CCCn1cc(OCC(C)CCl)cn1. The fourth-order valence-corrected chi connectivity index (χ4v) is 1.14. The monoisotopic (exact) mass is 216 g/mol. The van der Waals surface area contributed by atoms with Gasteiger partial charge < -0.3 is 4.74 Å². The molecule has 0 aromatic carbocycles. The van der Waals surface area contributed by atoms with E-state index in [-0.39, 0.29) is 0 Å². The molecule has 0 aliphatic heterocycles. The van der Waals surface area contributed by atoms with Crippen LogP contribution in [0.4, 0.5) is 0 Å². The van der Waals surface area contributed by atoms with Gasteiger partial charge in [-0.2, -0.15) is 5.10 Å². The lowest BCUT2D eigenvalue weighted by molar-refractivity contribution is 0.272. The summed E-state index contributed by atoms with van der Waals surface area (Å²) >= 11 is 5.67. The van der Waals surface area contributed by atoms with Gasteiger partial charge in [0.15, 0.2) is 5.75 Å². The van der Waals surface area contributed by atoms with E-state index in [9.17, 15) is 0 Å². The maximum atomic E-state index is 5.67. The van der Waals surface area contributed by atoms with Crippen LogP contribution in [0, 0.1) is 5.92 Å². The van der Waals surface area contributed by atoms with Crippen LogP contribution in [0.3, 0.4) is 0 Å². The van der Waals surface area contributed by atoms with Crippen molar-refractivity contribution in [3.05, 3.63) is 12.4 Å². The van der Waals surface area contributed by atoms with Crippen molar-refractivity contribution in [1.29, 1.82) is 0 Å². The molecule has 0 bridgehead atoms. The van der Waals surface area contributed by atoms with Gasteiger partial charge in [-0.05, 0) is 6.42 Å². The van der Waals surface area contributed by atoms with Crippen LogP contribution in [0.25, 0.3) is 0 Å². The molecule has 0 aliphatic carbocycles. The maximum absolute atomic E-state index is 5.67. The molecule has 0 saturated heterocycles. The number of hydrogen-bond acceptors (Lipinski definition) is 2. The molecule has 80 valence electrons. The summed E-state index contributed by atoms with van der Waals surface area (Å²) in [6.07, 6.45) is 4.75. The van der Waals surface area contributed by atoms with Gasteiger partial charge in [-0.3, -0.25) is 4.68 Å². The first kappa shape index (κ1) is 11.4. The molecule has 0 amide bonds. The minimum absolute atomic E-state index is 0.381. The zero-order valence-electron chi connectivity index (χ0n) is 8.74. The Balaban J connectivity index is 2.35. The van der Waals surface area contributed by atoms with Crippen molar-refractivity contribution >= 4 is 11.6 Å². The number of aryl methyl sites for hydroxylation is 1. The van der Waals surface area contributed by atoms with Gasteiger partial charge in [0.1, 0.15) is 0 Å². The lowest BCUT2D eigenvalue weighted by Crippen LogP contribution is -2.09. The molecule has 4 heteroatoms. The van der Waals surface area contributed by atoms with E-state index < -0.39 is 0 Å². The number of nitrogens with zero attached hydrogens (tertiary/aromatic N) is 2. The molecule has 0 saturated carbocycles. The van der Waals surface area contributed by atoms with Crippen LogP contribution in [0.2, 0.25) is 0 Å². The van der Waals surface area contributed by atoms with Crippen molar-refractivity contribution in [2.75, 3.05) is 12.5 Å². The summed E-state index contributed by atoms with van der Waals surface area (Å²) in [4.78, 5) is 0. The number of halogens is 1. The molecule has 1 rings (SSSR count). The van der Waals surface area contributed by atoms with E-state index in [0.717, 1.165) is 18.7 Å². The highest BCUT2D eigenvalue weighted by Gasteiger charge is 2.03. The van der Waals surface area contributed by atoms with Gasteiger partial charge in [0.25, 0.3) is 0 Å². The summed E-state index contributed by atoms with van der Waals surface area (Å²) < 4.78 is 7.41. The molecule has 3 nitrogen and oxygen atoms in total. The predicted molar refractivity (Wildman–Crippen MR) is 57.9 cm³/mol. The maximum Gasteiger partial charge on any atom is 0.157 e. The van der Waals surface area contributed by atoms with Crippen molar-refractivity contribution < 1.29 is 4.74 Å². The highest BCUT2D eigenvalue weighted by atomic mass is 35.5. The Morgan fingerprint density at radius 3 is 3.07 bits per heavy atom. The smallest absolute Gasteiger partial charge is 0.157 e. The van der Waals surface area contributed by atoms with E-state index in [0.29, 0.717) is 18.4 Å². The first-order chi connectivity index (χ1) is 6.76. The van der Waals surface area contributed by atoms with Crippen molar-refractivity contribution in [1.82, 2.24) is 9.78 Å². The average molecular weight is 217 g/mol. The van der Waals surface area contributed by atoms with E-state index in [1.807, 2.05) is 10.9 Å². The number of aromatic nitrogens is 2. The lowest BCUT2D eigenvalue weighted by atomic mass is 10.2. The summed E-state index contributed by atoms with van der Waals surface area (Å²) in [5.74, 6) is 1.84. The molecule has 0 fully saturated rings. The molecule has 0 spiro atoms. The first-order valence-electron chi connectivity index (χ1n) is 4.97. The van der Waals surface area contributed by atoms with Gasteiger partial charge in [-0.1, -0.05) is 13.8 Å². The standard InChI is InChI=1S/C10H17ClN2O/c1-3-4-13-7-10(6-12-13)14-8-9(2)5-11/h6-7,9H,3-5,8H2,1-2H3. The van der Waals surface area contributed by atoms with Gasteiger partial charge in [0.05, 0.1) is 19.0 Å². The second-order valence-corrected chi connectivity index (χ2v) is 3.82. The Hall–Kier alpha value is -0.700. The van der Waals surface area contributed by atoms with Crippen LogP contribution in [0.1, 0.15) is 20.3 Å².